The van der Waals surface area contributed by atoms with E-state index in [-0.39, 0.29) is 6.61 Å². The highest BCUT2D eigenvalue weighted by Crippen LogP contribution is 2.10. The van der Waals surface area contributed by atoms with Crippen molar-refractivity contribution < 1.29 is 5.11 Å². The Balaban J connectivity index is 2.10. The number of nitrogens with one attached hydrogen (secondary N) is 1. The summed E-state index contributed by atoms with van der Waals surface area (Å²) in [6.07, 6.45) is 0. The van der Waals surface area contributed by atoms with Gasteiger partial charge in [0.15, 0.2) is 0 Å². The van der Waals surface area contributed by atoms with Crippen LogP contribution >= 0.6 is 0 Å². The SMILES string of the molecule is Cc1cc(NN)nc(CN(CCO)Cc2ccccc2)n1. The smallest absolute Gasteiger partial charge is 0.145 e. The molecule has 1 heterocycles. The summed E-state index contributed by atoms with van der Waals surface area (Å²) in [5.41, 5.74) is 4.59. The topological polar surface area (TPSA) is 87.3 Å². The normalized spacial score (nSPS) is 10.9. The van der Waals surface area contributed by atoms with E-state index < -0.39 is 0 Å². The lowest BCUT2D eigenvalue weighted by Crippen LogP contribution is -2.27. The first-order valence-corrected chi connectivity index (χ1v) is 6.89. The molecular formula is C15H21N5O. The number of aliphatic hydroxyl groups is 1. The molecule has 6 heteroatoms. The number of aliphatic hydroxyl groups excluding tert-OH is 1. The molecule has 2 rings (SSSR count). The Morgan fingerprint density at radius 1 is 1.19 bits per heavy atom. The number of nitrogen functional groups attached to an aromatic ring is 1. The monoisotopic (exact) mass is 287 g/mol. The lowest BCUT2D eigenvalue weighted by molar-refractivity contribution is 0.181. The number of aromatic nitrogens is 2. The predicted octanol–water partition coefficient (Wildman–Crippen LogP) is 1.07. The van der Waals surface area contributed by atoms with E-state index in [4.69, 9.17) is 5.84 Å². The highest BCUT2D eigenvalue weighted by molar-refractivity contribution is 5.33. The maximum Gasteiger partial charge on any atom is 0.145 e. The fourth-order valence-electron chi connectivity index (χ4n) is 2.17. The molecule has 0 saturated carbocycles. The zero-order valence-electron chi connectivity index (χ0n) is 12.2. The summed E-state index contributed by atoms with van der Waals surface area (Å²) in [6.45, 7) is 3.87. The molecule has 0 aliphatic heterocycles. The van der Waals surface area contributed by atoms with Gasteiger partial charge in [0.2, 0.25) is 0 Å². The van der Waals surface area contributed by atoms with Gasteiger partial charge in [-0.05, 0) is 12.5 Å². The van der Waals surface area contributed by atoms with Crippen molar-refractivity contribution >= 4 is 5.82 Å². The van der Waals surface area contributed by atoms with E-state index >= 15 is 0 Å². The van der Waals surface area contributed by atoms with Gasteiger partial charge in [-0.3, -0.25) is 4.90 Å². The van der Waals surface area contributed by atoms with Crippen LogP contribution in [-0.4, -0.2) is 33.1 Å². The summed E-state index contributed by atoms with van der Waals surface area (Å²) in [6, 6.07) is 11.9. The molecule has 0 radical (unpaired) electrons. The van der Waals surface area contributed by atoms with Crippen LogP contribution in [-0.2, 0) is 13.1 Å². The molecule has 2 aromatic rings. The standard InChI is InChI=1S/C15H21N5O/c1-12-9-14(19-16)18-15(17-12)11-20(7-8-21)10-13-5-3-2-4-6-13/h2-6,9,21H,7-8,10-11,16H2,1H3,(H,17,18,19). The fraction of sp³-hybridized carbons (Fsp3) is 0.333. The van der Waals surface area contributed by atoms with E-state index in [0.29, 0.717) is 24.7 Å². The van der Waals surface area contributed by atoms with Crippen LogP contribution in [0.3, 0.4) is 0 Å². The molecule has 0 aliphatic rings. The lowest BCUT2D eigenvalue weighted by atomic mass is 10.2. The summed E-state index contributed by atoms with van der Waals surface area (Å²) in [5.74, 6) is 6.69. The maximum absolute atomic E-state index is 9.23. The molecule has 0 fully saturated rings. The molecule has 0 spiro atoms. The number of rotatable bonds is 7. The number of anilines is 1. The van der Waals surface area contributed by atoms with Crippen LogP contribution in [0.4, 0.5) is 5.82 Å². The van der Waals surface area contributed by atoms with Gasteiger partial charge >= 0.3 is 0 Å². The second kappa shape index (κ2) is 7.68. The number of hydrazine groups is 1. The van der Waals surface area contributed by atoms with E-state index in [1.165, 1.54) is 5.56 Å². The van der Waals surface area contributed by atoms with Crippen molar-refractivity contribution in [1.29, 1.82) is 0 Å². The van der Waals surface area contributed by atoms with Crippen LogP contribution in [0.15, 0.2) is 36.4 Å². The minimum atomic E-state index is 0.0979. The van der Waals surface area contributed by atoms with Gasteiger partial charge in [0.1, 0.15) is 11.6 Å². The average Bonchev–Trinajstić information content (AvgIpc) is 2.48. The number of hydrogen-bond donors (Lipinski definition) is 3. The van der Waals surface area contributed by atoms with Gasteiger partial charge < -0.3 is 10.5 Å². The van der Waals surface area contributed by atoms with E-state index in [2.05, 4.69) is 32.4 Å². The van der Waals surface area contributed by atoms with Gasteiger partial charge in [-0.15, -0.1) is 0 Å². The summed E-state index contributed by atoms with van der Waals surface area (Å²) >= 11 is 0. The minimum absolute atomic E-state index is 0.0979. The van der Waals surface area contributed by atoms with Gasteiger partial charge in [-0.25, -0.2) is 15.8 Å². The summed E-state index contributed by atoms with van der Waals surface area (Å²) in [4.78, 5) is 10.9. The molecule has 112 valence electrons. The van der Waals surface area contributed by atoms with Crippen LogP contribution < -0.4 is 11.3 Å². The molecule has 0 bridgehead atoms. The average molecular weight is 287 g/mol. The molecule has 0 atom stereocenters. The van der Waals surface area contributed by atoms with Crippen LogP contribution in [0.25, 0.3) is 0 Å². The van der Waals surface area contributed by atoms with Crippen molar-refractivity contribution in [3.8, 4) is 0 Å². The molecule has 0 amide bonds. The van der Waals surface area contributed by atoms with E-state index in [9.17, 15) is 5.11 Å². The molecule has 0 saturated heterocycles. The molecule has 0 aliphatic carbocycles. The first-order chi connectivity index (χ1) is 10.2. The summed E-state index contributed by atoms with van der Waals surface area (Å²) in [7, 11) is 0. The van der Waals surface area contributed by atoms with Crippen molar-refractivity contribution in [3.63, 3.8) is 0 Å². The fourth-order valence-corrected chi connectivity index (χ4v) is 2.17. The number of nitrogens with zero attached hydrogens (tertiary/aromatic N) is 3. The predicted molar refractivity (Wildman–Crippen MR) is 82.2 cm³/mol. The number of aryl methyl sites for hydroxylation is 1. The third kappa shape index (κ3) is 4.78. The van der Waals surface area contributed by atoms with Gasteiger partial charge in [0.05, 0.1) is 13.2 Å². The Morgan fingerprint density at radius 3 is 2.62 bits per heavy atom. The largest absolute Gasteiger partial charge is 0.395 e. The van der Waals surface area contributed by atoms with Crippen molar-refractivity contribution in [3.05, 3.63) is 53.5 Å². The van der Waals surface area contributed by atoms with Crippen molar-refractivity contribution in [2.24, 2.45) is 5.84 Å². The Morgan fingerprint density at radius 2 is 1.95 bits per heavy atom. The van der Waals surface area contributed by atoms with E-state index in [0.717, 1.165) is 12.2 Å². The van der Waals surface area contributed by atoms with Gasteiger partial charge in [-0.2, -0.15) is 0 Å². The summed E-state index contributed by atoms with van der Waals surface area (Å²) in [5, 5.41) is 9.23. The molecule has 21 heavy (non-hydrogen) atoms. The second-order valence-electron chi connectivity index (χ2n) is 4.87. The Labute approximate surface area is 124 Å². The Hall–Kier alpha value is -2.02. The highest BCUT2D eigenvalue weighted by atomic mass is 16.3. The maximum atomic E-state index is 9.23. The van der Waals surface area contributed by atoms with Crippen molar-refractivity contribution in [2.45, 2.75) is 20.0 Å². The van der Waals surface area contributed by atoms with Crippen LogP contribution in [0.5, 0.6) is 0 Å². The second-order valence-corrected chi connectivity index (χ2v) is 4.87. The van der Waals surface area contributed by atoms with Crippen LogP contribution in [0.2, 0.25) is 0 Å². The molecule has 1 aromatic heterocycles. The summed E-state index contributed by atoms with van der Waals surface area (Å²) < 4.78 is 0. The molecule has 6 nitrogen and oxygen atoms in total. The zero-order chi connectivity index (χ0) is 15.1. The van der Waals surface area contributed by atoms with Crippen LogP contribution in [0.1, 0.15) is 17.1 Å². The van der Waals surface area contributed by atoms with Crippen LogP contribution in [0, 0.1) is 6.92 Å². The molecule has 0 unspecified atom stereocenters. The quantitative estimate of drug-likeness (QED) is 0.521. The van der Waals surface area contributed by atoms with Crippen molar-refractivity contribution in [2.75, 3.05) is 18.6 Å². The van der Waals surface area contributed by atoms with Gasteiger partial charge in [-0.1, -0.05) is 30.3 Å². The Kier molecular flexibility index (Phi) is 5.62. The number of nitrogens with two attached hydrogens (primary N) is 1. The number of benzene rings is 1. The zero-order valence-corrected chi connectivity index (χ0v) is 12.2. The number of hydrogen-bond acceptors (Lipinski definition) is 6. The third-order valence-corrected chi connectivity index (χ3v) is 3.08. The molecule has 1 aromatic carbocycles. The first-order valence-electron chi connectivity index (χ1n) is 6.89. The van der Waals surface area contributed by atoms with E-state index in [1.807, 2.05) is 25.1 Å². The third-order valence-electron chi connectivity index (χ3n) is 3.08. The van der Waals surface area contributed by atoms with Gasteiger partial charge in [0.25, 0.3) is 0 Å². The molecule has 4 N–H and O–H groups in total. The highest BCUT2D eigenvalue weighted by Gasteiger charge is 2.10. The first kappa shape index (κ1) is 15.4. The van der Waals surface area contributed by atoms with Gasteiger partial charge in [0, 0.05) is 24.8 Å². The minimum Gasteiger partial charge on any atom is -0.395 e. The van der Waals surface area contributed by atoms with Crippen molar-refractivity contribution in [1.82, 2.24) is 14.9 Å². The van der Waals surface area contributed by atoms with E-state index in [1.54, 1.807) is 6.07 Å². The lowest BCUT2D eigenvalue weighted by Gasteiger charge is -2.21. The Bertz CT molecular complexity index is 561. The molecular weight excluding hydrogens is 266 g/mol.